The van der Waals surface area contributed by atoms with Gasteiger partial charge in [-0.2, -0.15) is 15.0 Å². The highest BCUT2D eigenvalue weighted by molar-refractivity contribution is 7.99. The van der Waals surface area contributed by atoms with E-state index in [-0.39, 0.29) is 0 Å². The van der Waals surface area contributed by atoms with Gasteiger partial charge in [-0.15, -0.1) is 0 Å². The van der Waals surface area contributed by atoms with E-state index in [4.69, 9.17) is 5.84 Å². The molecule has 0 spiro atoms. The first kappa shape index (κ1) is 14.0. The molecule has 2 aromatic rings. The summed E-state index contributed by atoms with van der Waals surface area (Å²) in [7, 11) is 0. The molecule has 1 fully saturated rings. The molecule has 8 nitrogen and oxygen atoms in total. The average molecular weight is 304 g/mol. The van der Waals surface area contributed by atoms with Crippen LogP contribution in [0.2, 0.25) is 0 Å². The Labute approximate surface area is 126 Å². The molecule has 0 aromatic carbocycles. The monoisotopic (exact) mass is 304 g/mol. The Hall–Kier alpha value is -2.00. The molecule has 0 radical (unpaired) electrons. The fourth-order valence-electron chi connectivity index (χ4n) is 2.12. The van der Waals surface area contributed by atoms with Crippen molar-refractivity contribution in [3.05, 3.63) is 18.6 Å². The zero-order valence-electron chi connectivity index (χ0n) is 11.4. The summed E-state index contributed by atoms with van der Waals surface area (Å²) in [5.74, 6) is 6.47. The molecule has 1 aliphatic heterocycles. The zero-order valence-corrected chi connectivity index (χ0v) is 12.3. The summed E-state index contributed by atoms with van der Waals surface area (Å²) in [5.41, 5.74) is 2.49. The minimum Gasteiger partial charge on any atom is -0.341 e. The van der Waals surface area contributed by atoms with Crippen LogP contribution in [-0.4, -0.2) is 38.0 Å². The third kappa shape index (κ3) is 3.56. The van der Waals surface area contributed by atoms with E-state index in [1.165, 1.54) is 18.2 Å². The number of nitrogens with one attached hydrogen (secondary N) is 1. The highest BCUT2D eigenvalue weighted by atomic mass is 32.2. The standard InChI is InChI=1S/C12H16N8S/c13-19-10-16-11(20-6-2-1-3-7-20)18-12(17-10)21-9-8-14-4-5-15-9/h4-5,8H,1-3,6-7,13H2,(H,16,17,18,19). The topological polar surface area (TPSA) is 106 Å². The van der Waals surface area contributed by atoms with Crippen LogP contribution in [0, 0.1) is 0 Å². The van der Waals surface area contributed by atoms with E-state index in [0.29, 0.717) is 17.1 Å². The van der Waals surface area contributed by atoms with Gasteiger partial charge in [-0.1, -0.05) is 0 Å². The van der Waals surface area contributed by atoms with E-state index in [0.717, 1.165) is 31.0 Å². The lowest BCUT2D eigenvalue weighted by Gasteiger charge is -2.26. The average Bonchev–Trinajstić information content (AvgIpc) is 2.56. The molecule has 0 atom stereocenters. The summed E-state index contributed by atoms with van der Waals surface area (Å²) in [6.07, 6.45) is 8.50. The van der Waals surface area contributed by atoms with Crippen molar-refractivity contribution in [2.24, 2.45) is 5.84 Å². The van der Waals surface area contributed by atoms with Gasteiger partial charge in [0.1, 0.15) is 5.03 Å². The smallest absolute Gasteiger partial charge is 0.242 e. The Morgan fingerprint density at radius 3 is 2.67 bits per heavy atom. The minimum atomic E-state index is 0.358. The zero-order chi connectivity index (χ0) is 14.5. The van der Waals surface area contributed by atoms with Crippen molar-refractivity contribution < 1.29 is 0 Å². The number of aromatic nitrogens is 5. The van der Waals surface area contributed by atoms with E-state index in [9.17, 15) is 0 Å². The normalized spacial score (nSPS) is 15.0. The molecule has 0 saturated carbocycles. The molecule has 0 aliphatic carbocycles. The first-order valence-corrected chi connectivity index (χ1v) is 7.58. The second-order valence-electron chi connectivity index (χ2n) is 4.58. The van der Waals surface area contributed by atoms with Crippen molar-refractivity contribution in [3.63, 3.8) is 0 Å². The van der Waals surface area contributed by atoms with Crippen molar-refractivity contribution in [3.8, 4) is 0 Å². The predicted octanol–water partition coefficient (Wildman–Crippen LogP) is 1.09. The Kier molecular flexibility index (Phi) is 4.41. The van der Waals surface area contributed by atoms with Gasteiger partial charge in [-0.25, -0.2) is 10.8 Å². The fourth-order valence-corrected chi connectivity index (χ4v) is 2.80. The molecule has 0 amide bonds. The number of piperidine rings is 1. The number of anilines is 2. The Morgan fingerprint density at radius 1 is 1.10 bits per heavy atom. The predicted molar refractivity (Wildman–Crippen MR) is 79.9 cm³/mol. The Balaban J connectivity index is 1.85. The van der Waals surface area contributed by atoms with Crippen molar-refractivity contribution in [1.82, 2.24) is 24.9 Å². The van der Waals surface area contributed by atoms with Crippen molar-refractivity contribution in [2.45, 2.75) is 29.4 Å². The van der Waals surface area contributed by atoms with Gasteiger partial charge < -0.3 is 4.90 Å². The highest BCUT2D eigenvalue weighted by Crippen LogP contribution is 2.25. The maximum Gasteiger partial charge on any atom is 0.242 e. The van der Waals surface area contributed by atoms with Gasteiger partial charge in [0.05, 0.1) is 6.20 Å². The molecular formula is C12H16N8S. The van der Waals surface area contributed by atoms with Crippen LogP contribution in [0.15, 0.2) is 28.8 Å². The largest absolute Gasteiger partial charge is 0.341 e. The van der Waals surface area contributed by atoms with Crippen molar-refractivity contribution in [1.29, 1.82) is 0 Å². The van der Waals surface area contributed by atoms with E-state index in [2.05, 4.69) is 35.2 Å². The van der Waals surface area contributed by atoms with Crippen LogP contribution in [0.4, 0.5) is 11.9 Å². The number of hydrazine groups is 1. The van der Waals surface area contributed by atoms with Crippen molar-refractivity contribution >= 4 is 23.7 Å². The highest BCUT2D eigenvalue weighted by Gasteiger charge is 2.16. The second kappa shape index (κ2) is 6.64. The summed E-state index contributed by atoms with van der Waals surface area (Å²) >= 11 is 1.34. The van der Waals surface area contributed by atoms with Gasteiger partial charge in [0.2, 0.25) is 17.1 Å². The van der Waals surface area contributed by atoms with E-state index in [1.54, 1.807) is 18.6 Å². The Bertz CT molecular complexity index is 587. The van der Waals surface area contributed by atoms with Crippen LogP contribution >= 0.6 is 11.8 Å². The molecule has 1 aliphatic rings. The summed E-state index contributed by atoms with van der Waals surface area (Å²) in [6.45, 7) is 1.92. The number of nitrogens with zero attached hydrogens (tertiary/aromatic N) is 6. The summed E-state index contributed by atoms with van der Waals surface area (Å²) in [6, 6.07) is 0. The van der Waals surface area contributed by atoms with Crippen LogP contribution in [-0.2, 0) is 0 Å². The Morgan fingerprint density at radius 2 is 1.95 bits per heavy atom. The number of hydrogen-bond donors (Lipinski definition) is 2. The molecule has 3 heterocycles. The first-order chi connectivity index (χ1) is 10.3. The lowest BCUT2D eigenvalue weighted by Crippen LogP contribution is -2.31. The van der Waals surface area contributed by atoms with E-state index in [1.807, 2.05) is 0 Å². The fraction of sp³-hybridized carbons (Fsp3) is 0.417. The molecule has 0 bridgehead atoms. The number of nitrogens with two attached hydrogens (primary N) is 1. The molecular weight excluding hydrogens is 288 g/mol. The molecule has 110 valence electrons. The molecule has 2 aromatic heterocycles. The summed E-state index contributed by atoms with van der Waals surface area (Å²) in [4.78, 5) is 23.5. The third-order valence-corrected chi connectivity index (χ3v) is 3.89. The summed E-state index contributed by atoms with van der Waals surface area (Å²) in [5, 5.41) is 1.29. The van der Waals surface area contributed by atoms with Gasteiger partial charge in [0.15, 0.2) is 0 Å². The van der Waals surface area contributed by atoms with E-state index < -0.39 is 0 Å². The molecule has 3 rings (SSSR count). The molecule has 3 N–H and O–H groups in total. The SMILES string of the molecule is NNc1nc(Sc2cnccn2)nc(N2CCCCC2)n1. The van der Waals surface area contributed by atoms with E-state index >= 15 is 0 Å². The number of hydrogen-bond acceptors (Lipinski definition) is 9. The molecule has 0 unspecified atom stereocenters. The minimum absolute atomic E-state index is 0.358. The van der Waals surface area contributed by atoms with Gasteiger partial charge in [0.25, 0.3) is 0 Å². The maximum absolute atomic E-state index is 5.45. The van der Waals surface area contributed by atoms with Gasteiger partial charge >= 0.3 is 0 Å². The van der Waals surface area contributed by atoms with Crippen molar-refractivity contribution in [2.75, 3.05) is 23.4 Å². The first-order valence-electron chi connectivity index (χ1n) is 6.76. The number of rotatable bonds is 4. The molecule has 1 saturated heterocycles. The maximum atomic E-state index is 5.45. The third-order valence-electron chi connectivity index (χ3n) is 3.11. The van der Waals surface area contributed by atoms with Gasteiger partial charge in [0, 0.05) is 25.5 Å². The molecule has 9 heteroatoms. The quantitative estimate of drug-likeness (QED) is 0.634. The van der Waals surface area contributed by atoms with Crippen LogP contribution in [0.3, 0.4) is 0 Å². The lowest BCUT2D eigenvalue weighted by molar-refractivity contribution is 0.565. The van der Waals surface area contributed by atoms with Gasteiger partial charge in [-0.05, 0) is 31.0 Å². The number of nitrogen functional groups attached to an aromatic ring is 1. The summed E-state index contributed by atoms with van der Waals surface area (Å²) < 4.78 is 0. The van der Waals surface area contributed by atoms with Crippen LogP contribution in [0.1, 0.15) is 19.3 Å². The molecule has 21 heavy (non-hydrogen) atoms. The van der Waals surface area contributed by atoms with Crippen LogP contribution < -0.4 is 16.2 Å². The van der Waals surface area contributed by atoms with Gasteiger partial charge in [-0.3, -0.25) is 10.4 Å². The second-order valence-corrected chi connectivity index (χ2v) is 5.57. The van der Waals surface area contributed by atoms with Crippen LogP contribution in [0.25, 0.3) is 0 Å². The van der Waals surface area contributed by atoms with Crippen LogP contribution in [0.5, 0.6) is 0 Å². The lowest BCUT2D eigenvalue weighted by atomic mass is 10.1.